The van der Waals surface area contributed by atoms with Gasteiger partial charge in [0, 0.05) is 18.7 Å². The van der Waals surface area contributed by atoms with Crippen LogP contribution >= 0.6 is 0 Å². The quantitative estimate of drug-likeness (QED) is 0.570. The lowest BCUT2D eigenvalue weighted by molar-refractivity contribution is -0.136. The summed E-state index contributed by atoms with van der Waals surface area (Å²) in [4.78, 5) is 23.7. The Balaban J connectivity index is 1.62. The topological polar surface area (TPSA) is 95.2 Å². The number of nitrogens with two attached hydrogens (primary N) is 1. The molecule has 0 bridgehead atoms. The first kappa shape index (κ1) is 21.1. The van der Waals surface area contributed by atoms with Crippen LogP contribution in [0.2, 0.25) is 0 Å². The second-order valence-corrected chi connectivity index (χ2v) is 8.38. The van der Waals surface area contributed by atoms with E-state index < -0.39 is 6.04 Å². The number of fused-ring (bicyclic) bond motifs is 1. The molecule has 1 aliphatic rings. The van der Waals surface area contributed by atoms with Crippen molar-refractivity contribution in [2.24, 2.45) is 5.73 Å². The summed E-state index contributed by atoms with van der Waals surface area (Å²) in [6.07, 6.45) is 3.08. The van der Waals surface area contributed by atoms with E-state index >= 15 is 0 Å². The molecule has 6 heteroatoms. The largest absolute Gasteiger partial charge is 0.508 e. The molecule has 0 radical (unpaired) electrons. The molecule has 0 saturated carbocycles. The van der Waals surface area contributed by atoms with Gasteiger partial charge in [-0.25, -0.2) is 4.98 Å². The summed E-state index contributed by atoms with van der Waals surface area (Å²) < 4.78 is 0. The number of carbonyl (C=O) groups is 1. The van der Waals surface area contributed by atoms with Crippen LogP contribution in [0.4, 0.5) is 0 Å². The third-order valence-electron chi connectivity index (χ3n) is 6.05. The highest BCUT2D eigenvalue weighted by atomic mass is 16.3. The third kappa shape index (κ3) is 4.49. The van der Waals surface area contributed by atoms with Crippen LogP contribution in [0.15, 0.2) is 48.5 Å². The summed E-state index contributed by atoms with van der Waals surface area (Å²) in [6, 6.07) is 14.3. The fourth-order valence-corrected chi connectivity index (χ4v) is 4.34. The van der Waals surface area contributed by atoms with Crippen LogP contribution in [0.1, 0.15) is 53.3 Å². The number of phenols is 1. The zero-order chi connectivity index (χ0) is 22.0. The number of nitrogens with one attached hydrogen (secondary N) is 1. The van der Waals surface area contributed by atoms with E-state index in [-0.39, 0.29) is 17.7 Å². The van der Waals surface area contributed by atoms with E-state index in [0.29, 0.717) is 19.4 Å². The summed E-state index contributed by atoms with van der Waals surface area (Å²) in [7, 11) is 0. The van der Waals surface area contributed by atoms with Gasteiger partial charge in [-0.2, -0.15) is 0 Å². The number of aromatic amines is 1. The Morgan fingerprint density at radius 2 is 1.94 bits per heavy atom. The molecule has 6 nitrogen and oxygen atoms in total. The van der Waals surface area contributed by atoms with Crippen molar-refractivity contribution >= 4 is 5.91 Å². The van der Waals surface area contributed by atoms with Gasteiger partial charge in [0.1, 0.15) is 11.6 Å². The monoisotopic (exact) mass is 418 g/mol. The van der Waals surface area contributed by atoms with E-state index in [9.17, 15) is 9.90 Å². The van der Waals surface area contributed by atoms with Gasteiger partial charge in [-0.15, -0.1) is 0 Å². The zero-order valence-corrected chi connectivity index (χ0v) is 18.1. The number of aromatic nitrogens is 2. The minimum atomic E-state index is -0.663. The number of rotatable bonds is 6. The fourth-order valence-electron chi connectivity index (χ4n) is 4.34. The molecule has 1 aliphatic heterocycles. The van der Waals surface area contributed by atoms with Gasteiger partial charge < -0.3 is 20.7 Å². The highest BCUT2D eigenvalue weighted by molar-refractivity contribution is 5.82. The molecule has 4 rings (SSSR count). The molecule has 0 aliphatic carbocycles. The van der Waals surface area contributed by atoms with Gasteiger partial charge >= 0.3 is 0 Å². The first-order chi connectivity index (χ1) is 15.0. The molecule has 0 unspecified atom stereocenters. The zero-order valence-electron chi connectivity index (χ0n) is 18.1. The Kier molecular flexibility index (Phi) is 6.09. The number of amides is 1. The molecule has 1 aromatic heterocycles. The number of hydrogen-bond donors (Lipinski definition) is 3. The van der Waals surface area contributed by atoms with Gasteiger partial charge in [0.05, 0.1) is 17.8 Å². The number of aromatic hydroxyl groups is 1. The lowest BCUT2D eigenvalue weighted by Crippen LogP contribution is -2.48. The summed E-state index contributed by atoms with van der Waals surface area (Å²) in [5.74, 6) is 0.951. The summed E-state index contributed by atoms with van der Waals surface area (Å²) in [5.41, 5.74) is 11.8. The van der Waals surface area contributed by atoms with Crippen molar-refractivity contribution in [3.63, 3.8) is 0 Å². The maximum absolute atomic E-state index is 13.5. The van der Waals surface area contributed by atoms with E-state index in [2.05, 4.69) is 24.0 Å². The van der Waals surface area contributed by atoms with E-state index in [4.69, 9.17) is 10.7 Å². The molecule has 162 valence electrons. The number of benzene rings is 2. The van der Waals surface area contributed by atoms with Crippen LogP contribution in [0.3, 0.4) is 0 Å². The van der Waals surface area contributed by atoms with Gasteiger partial charge in [0.15, 0.2) is 0 Å². The van der Waals surface area contributed by atoms with Gasteiger partial charge in [-0.05, 0) is 48.6 Å². The molecule has 3 aromatic rings. The van der Waals surface area contributed by atoms with E-state index in [0.717, 1.165) is 41.2 Å². The van der Waals surface area contributed by atoms with Crippen LogP contribution in [-0.4, -0.2) is 31.9 Å². The number of H-pyrrole nitrogens is 1. The highest BCUT2D eigenvalue weighted by Gasteiger charge is 2.35. The van der Waals surface area contributed by atoms with Crippen LogP contribution < -0.4 is 5.73 Å². The second-order valence-electron chi connectivity index (χ2n) is 8.38. The molecule has 0 saturated heterocycles. The highest BCUT2D eigenvalue weighted by Crippen LogP contribution is 2.33. The predicted molar refractivity (Wildman–Crippen MR) is 121 cm³/mol. The Labute approximate surface area is 183 Å². The average molecular weight is 419 g/mol. The smallest absolute Gasteiger partial charge is 0.240 e. The van der Waals surface area contributed by atoms with Crippen molar-refractivity contribution < 1.29 is 9.90 Å². The minimum Gasteiger partial charge on any atom is -0.508 e. The maximum Gasteiger partial charge on any atom is 0.240 e. The maximum atomic E-state index is 13.5. The van der Waals surface area contributed by atoms with Crippen molar-refractivity contribution in [3.8, 4) is 5.75 Å². The number of phenolic OH excluding ortho intramolecular Hbond substituents is 1. The summed E-state index contributed by atoms with van der Waals surface area (Å²) in [6.45, 7) is 4.70. The SMILES string of the molecule is CCCc1nc([C@H]2Cc3ccccc3CN2C(=O)[C@@H](N)Cc2ccc(O)cc2)[nH]c1C. The third-order valence-corrected chi connectivity index (χ3v) is 6.05. The minimum absolute atomic E-state index is 0.0846. The molecule has 1 amide bonds. The molecule has 2 heterocycles. The Morgan fingerprint density at radius 1 is 1.23 bits per heavy atom. The first-order valence-electron chi connectivity index (χ1n) is 10.9. The first-order valence-corrected chi connectivity index (χ1v) is 10.9. The summed E-state index contributed by atoms with van der Waals surface area (Å²) >= 11 is 0. The summed E-state index contributed by atoms with van der Waals surface area (Å²) in [5, 5.41) is 9.50. The number of imidazole rings is 1. The second kappa shape index (κ2) is 8.94. The van der Waals surface area contributed by atoms with E-state index in [1.807, 2.05) is 24.0 Å². The number of carbonyl (C=O) groups excluding carboxylic acids is 1. The van der Waals surface area contributed by atoms with Crippen LogP contribution in [-0.2, 0) is 30.6 Å². The molecular weight excluding hydrogens is 388 g/mol. The average Bonchev–Trinajstić information content (AvgIpc) is 3.14. The molecule has 2 atom stereocenters. The molecular formula is C25H30N4O2. The van der Waals surface area contributed by atoms with Gasteiger partial charge in [-0.3, -0.25) is 4.79 Å². The van der Waals surface area contributed by atoms with Crippen molar-refractivity contribution in [2.45, 2.75) is 58.2 Å². The van der Waals surface area contributed by atoms with Crippen LogP contribution in [0, 0.1) is 6.92 Å². The number of nitrogens with zero attached hydrogens (tertiary/aromatic N) is 2. The fraction of sp³-hybridized carbons (Fsp3) is 0.360. The van der Waals surface area contributed by atoms with E-state index in [1.165, 1.54) is 5.56 Å². The molecule has 2 aromatic carbocycles. The van der Waals surface area contributed by atoms with Gasteiger partial charge in [0.2, 0.25) is 5.91 Å². The lowest BCUT2D eigenvalue weighted by atomic mass is 9.92. The molecule has 0 spiro atoms. The normalized spacial score (nSPS) is 16.7. The van der Waals surface area contributed by atoms with Crippen LogP contribution in [0.5, 0.6) is 5.75 Å². The standard InChI is InChI=1S/C25H30N4O2/c1-3-6-22-16(2)27-24(28-22)23-14-18-7-4-5-8-19(18)15-29(23)25(31)21(26)13-17-9-11-20(30)12-10-17/h4-5,7-12,21,23,30H,3,6,13-15,26H2,1-2H3,(H,27,28)/t21-,23+/m0/s1. The van der Waals surface area contributed by atoms with E-state index in [1.54, 1.807) is 24.3 Å². The number of hydrogen-bond acceptors (Lipinski definition) is 4. The lowest BCUT2D eigenvalue weighted by Gasteiger charge is -2.37. The van der Waals surface area contributed by atoms with Crippen LogP contribution in [0.25, 0.3) is 0 Å². The number of aryl methyl sites for hydroxylation is 2. The van der Waals surface area contributed by atoms with Crippen molar-refractivity contribution in [2.75, 3.05) is 0 Å². The predicted octanol–water partition coefficient (Wildman–Crippen LogP) is 3.57. The van der Waals surface area contributed by atoms with Gasteiger partial charge in [0.25, 0.3) is 0 Å². The van der Waals surface area contributed by atoms with Crippen molar-refractivity contribution in [3.05, 3.63) is 82.4 Å². The van der Waals surface area contributed by atoms with Gasteiger partial charge in [-0.1, -0.05) is 49.7 Å². The van der Waals surface area contributed by atoms with Crippen molar-refractivity contribution in [1.29, 1.82) is 0 Å². The molecule has 4 N–H and O–H groups in total. The molecule has 0 fully saturated rings. The Hall–Kier alpha value is -3.12. The molecule has 31 heavy (non-hydrogen) atoms. The Bertz CT molecular complexity index is 1060. The Morgan fingerprint density at radius 3 is 2.65 bits per heavy atom. The van der Waals surface area contributed by atoms with Crippen molar-refractivity contribution in [1.82, 2.24) is 14.9 Å².